The number of amides is 1. The number of rotatable bonds is 6. The van der Waals surface area contributed by atoms with E-state index in [1.807, 2.05) is 9.58 Å². The Kier molecular flexibility index (Phi) is 5.99. The molecule has 4 atom stereocenters. The number of hydrogen-bond donors (Lipinski definition) is 0. The van der Waals surface area contributed by atoms with Crippen molar-refractivity contribution in [2.45, 2.75) is 45.3 Å². The largest absolute Gasteiger partial charge is 0.480 e. The summed E-state index contributed by atoms with van der Waals surface area (Å²) in [5, 5.41) is 8.75. The fourth-order valence-electron chi connectivity index (χ4n) is 4.77. The third kappa shape index (κ3) is 4.16. The van der Waals surface area contributed by atoms with Gasteiger partial charge in [0, 0.05) is 26.4 Å². The maximum Gasteiger partial charge on any atom is 0.274 e. The number of fused-ring (bicyclic) bond motifs is 1. The van der Waals surface area contributed by atoms with Gasteiger partial charge in [0.25, 0.3) is 5.91 Å². The molecule has 4 rings (SSSR count). The van der Waals surface area contributed by atoms with Crippen molar-refractivity contribution < 1.29 is 14.3 Å². The Bertz CT molecular complexity index is 868. The van der Waals surface area contributed by atoms with Crippen LogP contribution >= 0.6 is 0 Å². The van der Waals surface area contributed by atoms with E-state index in [2.05, 4.69) is 40.3 Å². The van der Waals surface area contributed by atoms with Crippen LogP contribution in [0.5, 0.6) is 5.88 Å². The smallest absolute Gasteiger partial charge is 0.274 e. The molecular formula is C21H30N6O3. The van der Waals surface area contributed by atoms with Crippen LogP contribution in [-0.4, -0.2) is 69.2 Å². The number of methoxy groups -OCH3 is 2. The van der Waals surface area contributed by atoms with E-state index in [1.165, 1.54) is 19.5 Å². The molecule has 3 heterocycles. The number of nitrogens with zero attached hydrogens (tertiary/aromatic N) is 6. The zero-order chi connectivity index (χ0) is 21.3. The first-order valence-corrected chi connectivity index (χ1v) is 10.6. The molecule has 1 saturated carbocycles. The lowest BCUT2D eigenvalue weighted by Crippen LogP contribution is -2.37. The highest BCUT2D eigenvalue weighted by Crippen LogP contribution is 2.42. The van der Waals surface area contributed by atoms with Crippen LogP contribution in [0.3, 0.4) is 0 Å². The molecule has 0 bridgehead atoms. The van der Waals surface area contributed by atoms with Crippen LogP contribution in [0, 0.1) is 17.8 Å². The van der Waals surface area contributed by atoms with E-state index in [4.69, 9.17) is 9.47 Å². The first-order valence-electron chi connectivity index (χ1n) is 10.6. The number of carbonyl (C=O) groups is 1. The molecule has 0 radical (unpaired) electrons. The summed E-state index contributed by atoms with van der Waals surface area (Å²) in [7, 11) is 3.29. The first kappa shape index (κ1) is 20.7. The summed E-state index contributed by atoms with van der Waals surface area (Å²) in [4.78, 5) is 23.1. The predicted octanol–water partition coefficient (Wildman–Crippen LogP) is 2.01. The predicted molar refractivity (Wildman–Crippen MR) is 109 cm³/mol. The van der Waals surface area contributed by atoms with Crippen molar-refractivity contribution in [2.75, 3.05) is 27.3 Å². The molecular weight excluding hydrogens is 384 g/mol. The topological polar surface area (TPSA) is 95.3 Å². The molecule has 2 aromatic rings. The number of carbonyl (C=O) groups excluding carboxylic acids is 1. The fourth-order valence-corrected chi connectivity index (χ4v) is 4.77. The molecule has 162 valence electrons. The zero-order valence-corrected chi connectivity index (χ0v) is 18.1. The Morgan fingerprint density at radius 3 is 2.57 bits per heavy atom. The second-order valence-corrected chi connectivity index (χ2v) is 8.78. The minimum atomic E-state index is -0.0787. The van der Waals surface area contributed by atoms with Crippen LogP contribution in [0.15, 0.2) is 18.6 Å². The van der Waals surface area contributed by atoms with Crippen molar-refractivity contribution in [3.63, 3.8) is 0 Å². The van der Waals surface area contributed by atoms with Gasteiger partial charge in [-0.2, -0.15) is 0 Å². The molecule has 2 fully saturated rings. The fraction of sp³-hybridized carbons (Fsp3) is 0.667. The summed E-state index contributed by atoms with van der Waals surface area (Å²) in [6.45, 7) is 5.80. The lowest BCUT2D eigenvalue weighted by atomic mass is 9.77. The van der Waals surface area contributed by atoms with Gasteiger partial charge in [-0.1, -0.05) is 19.1 Å². The van der Waals surface area contributed by atoms with Crippen molar-refractivity contribution >= 4 is 5.91 Å². The molecule has 0 aromatic carbocycles. The van der Waals surface area contributed by atoms with Gasteiger partial charge in [0.15, 0.2) is 0 Å². The molecule has 9 nitrogen and oxygen atoms in total. The summed E-state index contributed by atoms with van der Waals surface area (Å²) in [5.74, 6) is 1.69. The monoisotopic (exact) mass is 414 g/mol. The quantitative estimate of drug-likeness (QED) is 0.713. The summed E-state index contributed by atoms with van der Waals surface area (Å²) < 4.78 is 12.8. The molecule has 9 heteroatoms. The third-order valence-electron chi connectivity index (χ3n) is 6.25. The number of likely N-dealkylation sites (tertiary alicyclic amines) is 1. The van der Waals surface area contributed by atoms with Crippen molar-refractivity contribution in [2.24, 2.45) is 17.8 Å². The van der Waals surface area contributed by atoms with Gasteiger partial charge >= 0.3 is 0 Å². The van der Waals surface area contributed by atoms with E-state index in [-0.39, 0.29) is 18.1 Å². The molecule has 30 heavy (non-hydrogen) atoms. The lowest BCUT2D eigenvalue weighted by molar-refractivity contribution is -0.00546. The molecule has 1 amide bonds. The number of aromatic nitrogens is 5. The van der Waals surface area contributed by atoms with E-state index in [1.54, 1.807) is 7.11 Å². The average Bonchev–Trinajstić information content (AvgIpc) is 3.38. The Morgan fingerprint density at radius 1 is 1.17 bits per heavy atom. The molecule has 2 aromatic heterocycles. The summed E-state index contributed by atoms with van der Waals surface area (Å²) in [5.41, 5.74) is 1.37. The van der Waals surface area contributed by atoms with Crippen molar-refractivity contribution in [3.05, 3.63) is 30.0 Å². The van der Waals surface area contributed by atoms with E-state index in [0.29, 0.717) is 29.3 Å². The summed E-state index contributed by atoms with van der Waals surface area (Å²) in [6, 6.07) is 0.139. The maximum absolute atomic E-state index is 12.9. The second kappa shape index (κ2) is 8.67. The van der Waals surface area contributed by atoms with Crippen molar-refractivity contribution in [1.29, 1.82) is 0 Å². The molecule has 0 unspecified atom stereocenters. The lowest BCUT2D eigenvalue weighted by Gasteiger charge is -2.36. The molecule has 1 saturated heterocycles. The Hall–Kier alpha value is -2.55. The van der Waals surface area contributed by atoms with Crippen LogP contribution in [0.1, 0.15) is 48.9 Å². The van der Waals surface area contributed by atoms with Crippen molar-refractivity contribution in [1.82, 2.24) is 29.9 Å². The van der Waals surface area contributed by atoms with Gasteiger partial charge < -0.3 is 14.4 Å². The average molecular weight is 415 g/mol. The van der Waals surface area contributed by atoms with Gasteiger partial charge in [0.2, 0.25) is 5.88 Å². The van der Waals surface area contributed by atoms with Gasteiger partial charge in [0.05, 0.1) is 37.3 Å². The first-order chi connectivity index (χ1) is 14.5. The summed E-state index contributed by atoms with van der Waals surface area (Å²) in [6.07, 6.45) is 7.83. The maximum atomic E-state index is 12.9. The van der Waals surface area contributed by atoms with E-state index in [9.17, 15) is 4.79 Å². The van der Waals surface area contributed by atoms with Gasteiger partial charge in [0.1, 0.15) is 5.69 Å². The Labute approximate surface area is 176 Å². The Balaban J connectivity index is 1.45. The number of ether oxygens (including phenoxy) is 2. The minimum absolute atomic E-state index is 0.0654. The van der Waals surface area contributed by atoms with Crippen LogP contribution in [0.2, 0.25) is 0 Å². The van der Waals surface area contributed by atoms with Crippen LogP contribution in [0.25, 0.3) is 0 Å². The molecule has 0 N–H and O–H groups in total. The molecule has 1 aliphatic carbocycles. The van der Waals surface area contributed by atoms with E-state index in [0.717, 1.165) is 38.0 Å². The van der Waals surface area contributed by atoms with E-state index < -0.39 is 0 Å². The highest BCUT2D eigenvalue weighted by atomic mass is 16.5. The number of hydrogen-bond acceptors (Lipinski definition) is 7. The van der Waals surface area contributed by atoms with Gasteiger partial charge in [-0.15, -0.1) is 5.10 Å². The summed E-state index contributed by atoms with van der Waals surface area (Å²) >= 11 is 0. The Morgan fingerprint density at radius 2 is 1.93 bits per heavy atom. The molecule has 2 aliphatic rings. The van der Waals surface area contributed by atoms with Crippen LogP contribution in [-0.2, 0) is 11.2 Å². The highest BCUT2D eigenvalue weighted by molar-refractivity contribution is 5.92. The van der Waals surface area contributed by atoms with E-state index >= 15 is 0 Å². The SMILES string of the molecule is COc1cnc(C(=O)N2C[C@H]3C[C@@H](n4cc(CC(C)C)nn4)[C@H](OC)C[C@H]3C2)cn1. The van der Waals surface area contributed by atoms with Crippen molar-refractivity contribution in [3.8, 4) is 5.88 Å². The van der Waals surface area contributed by atoms with Crippen LogP contribution in [0.4, 0.5) is 0 Å². The third-order valence-corrected chi connectivity index (χ3v) is 6.25. The van der Waals surface area contributed by atoms with Gasteiger partial charge in [-0.3, -0.25) is 4.79 Å². The van der Waals surface area contributed by atoms with Gasteiger partial charge in [-0.05, 0) is 37.0 Å². The highest BCUT2D eigenvalue weighted by Gasteiger charge is 2.45. The minimum Gasteiger partial charge on any atom is -0.480 e. The molecule has 1 aliphatic heterocycles. The standard InChI is InChI=1S/C21H30N6O3/c1-13(2)5-16-12-27(25-24-16)18-6-14-10-26(11-15(14)7-19(18)29-3)21(28)17-8-23-20(30-4)9-22-17/h8-9,12-15,18-19H,5-7,10-11H2,1-4H3/t14-,15+,18-,19-/m1/s1. The second-order valence-electron chi connectivity index (χ2n) is 8.78. The molecule has 0 spiro atoms. The zero-order valence-electron chi connectivity index (χ0n) is 18.1. The van der Waals surface area contributed by atoms with Gasteiger partial charge in [-0.25, -0.2) is 14.6 Å². The van der Waals surface area contributed by atoms with Crippen LogP contribution < -0.4 is 4.74 Å². The normalized spacial score (nSPS) is 26.1.